The number of nitrogens with zero attached hydrogens (tertiary/aromatic N) is 2. The van der Waals surface area contributed by atoms with Crippen LogP contribution in [0, 0.1) is 3.57 Å². The molecular formula is C32H26Cl3IN2O5S. The van der Waals surface area contributed by atoms with Crippen LogP contribution in [0.3, 0.4) is 0 Å². The van der Waals surface area contributed by atoms with Gasteiger partial charge in [0.1, 0.15) is 12.6 Å². The summed E-state index contributed by atoms with van der Waals surface area (Å²) in [6.45, 7) is 6.21. The van der Waals surface area contributed by atoms with Gasteiger partial charge in [-0.25, -0.2) is 9.79 Å². The molecule has 0 bridgehead atoms. The summed E-state index contributed by atoms with van der Waals surface area (Å²) in [4.78, 5) is 32.2. The summed E-state index contributed by atoms with van der Waals surface area (Å²) in [5, 5.41) is 1.35. The van der Waals surface area contributed by atoms with Crippen LogP contribution in [0.4, 0.5) is 0 Å². The van der Waals surface area contributed by atoms with Crippen LogP contribution in [-0.2, 0) is 16.1 Å². The van der Waals surface area contributed by atoms with E-state index in [1.54, 1.807) is 50.3 Å². The third-order valence-electron chi connectivity index (χ3n) is 6.71. The first kappa shape index (κ1) is 32.6. The fourth-order valence-corrected chi connectivity index (χ4v) is 7.18. The summed E-state index contributed by atoms with van der Waals surface area (Å²) in [6.07, 6.45) is 1.78. The first-order valence-electron chi connectivity index (χ1n) is 13.6. The number of carbonyl (C=O) groups is 1. The monoisotopic (exact) mass is 782 g/mol. The summed E-state index contributed by atoms with van der Waals surface area (Å²) >= 11 is 22.2. The minimum atomic E-state index is -0.794. The number of esters is 1. The largest absolute Gasteiger partial charge is 0.490 e. The van der Waals surface area contributed by atoms with E-state index in [0.717, 1.165) is 14.7 Å². The van der Waals surface area contributed by atoms with Crippen molar-refractivity contribution in [1.29, 1.82) is 0 Å². The summed E-state index contributed by atoms with van der Waals surface area (Å²) < 4.78 is 20.2. The molecule has 0 saturated carbocycles. The highest BCUT2D eigenvalue weighted by Crippen LogP contribution is 2.36. The lowest BCUT2D eigenvalue weighted by molar-refractivity contribution is -0.139. The van der Waals surface area contributed by atoms with Gasteiger partial charge in [0.2, 0.25) is 0 Å². The van der Waals surface area contributed by atoms with E-state index in [1.165, 1.54) is 15.9 Å². The molecule has 5 rings (SSSR count). The highest BCUT2D eigenvalue weighted by molar-refractivity contribution is 14.1. The highest BCUT2D eigenvalue weighted by atomic mass is 127. The minimum Gasteiger partial charge on any atom is -0.490 e. The number of benzene rings is 3. The molecule has 1 aliphatic heterocycles. The first-order valence-corrected chi connectivity index (χ1v) is 16.6. The van der Waals surface area contributed by atoms with Crippen LogP contribution < -0.4 is 24.4 Å². The molecule has 1 aliphatic rings. The Morgan fingerprint density at radius 3 is 2.50 bits per heavy atom. The quantitative estimate of drug-likeness (QED) is 0.131. The van der Waals surface area contributed by atoms with Crippen molar-refractivity contribution in [3.8, 4) is 11.5 Å². The molecule has 7 nitrogen and oxygen atoms in total. The van der Waals surface area contributed by atoms with Crippen LogP contribution in [0.2, 0.25) is 15.1 Å². The van der Waals surface area contributed by atoms with Gasteiger partial charge >= 0.3 is 5.97 Å². The van der Waals surface area contributed by atoms with Crippen LogP contribution in [0.15, 0.2) is 75.7 Å². The smallest absolute Gasteiger partial charge is 0.338 e. The van der Waals surface area contributed by atoms with Crippen molar-refractivity contribution in [3.05, 3.63) is 121 Å². The van der Waals surface area contributed by atoms with Crippen molar-refractivity contribution in [2.24, 2.45) is 4.99 Å². The van der Waals surface area contributed by atoms with Gasteiger partial charge in [0.15, 0.2) is 16.3 Å². The zero-order chi connectivity index (χ0) is 31.5. The summed E-state index contributed by atoms with van der Waals surface area (Å²) in [5.41, 5.74) is 2.64. The molecule has 1 atom stereocenters. The van der Waals surface area contributed by atoms with Crippen LogP contribution in [0.5, 0.6) is 11.5 Å². The molecule has 0 N–H and O–H groups in total. The molecule has 228 valence electrons. The van der Waals surface area contributed by atoms with Gasteiger partial charge in [-0.05, 0) is 96.5 Å². The maximum atomic E-state index is 14.0. The topological polar surface area (TPSA) is 79.1 Å². The zero-order valence-corrected chi connectivity index (χ0v) is 29.1. The van der Waals surface area contributed by atoms with Gasteiger partial charge in [-0.2, -0.15) is 0 Å². The van der Waals surface area contributed by atoms with Crippen LogP contribution >= 0.6 is 68.7 Å². The number of aromatic nitrogens is 1. The third-order valence-corrected chi connectivity index (χ3v) is 9.58. The van der Waals surface area contributed by atoms with E-state index in [9.17, 15) is 9.59 Å². The van der Waals surface area contributed by atoms with Crippen molar-refractivity contribution in [3.63, 3.8) is 0 Å². The lowest BCUT2D eigenvalue weighted by Gasteiger charge is -2.25. The fourth-order valence-electron chi connectivity index (χ4n) is 4.79. The molecule has 0 aliphatic carbocycles. The number of hydrogen-bond acceptors (Lipinski definition) is 7. The van der Waals surface area contributed by atoms with Crippen molar-refractivity contribution >= 4 is 80.8 Å². The van der Waals surface area contributed by atoms with Crippen LogP contribution in [-0.4, -0.2) is 23.8 Å². The first-order chi connectivity index (χ1) is 21.1. The second-order valence-electron chi connectivity index (χ2n) is 9.62. The van der Waals surface area contributed by atoms with Gasteiger partial charge in [-0.3, -0.25) is 9.36 Å². The van der Waals surface area contributed by atoms with Gasteiger partial charge < -0.3 is 14.2 Å². The lowest BCUT2D eigenvalue weighted by atomic mass is 9.96. The maximum absolute atomic E-state index is 14.0. The second kappa shape index (κ2) is 14.1. The van der Waals surface area contributed by atoms with Crippen molar-refractivity contribution in [1.82, 2.24) is 4.57 Å². The number of fused-ring (bicyclic) bond motifs is 1. The van der Waals surface area contributed by atoms with E-state index in [2.05, 4.69) is 27.6 Å². The molecule has 0 amide bonds. The number of halogens is 4. The molecule has 0 fully saturated rings. The number of rotatable bonds is 9. The Morgan fingerprint density at radius 2 is 1.80 bits per heavy atom. The number of thiazole rings is 1. The molecule has 0 radical (unpaired) electrons. The number of hydrogen-bond donors (Lipinski definition) is 0. The van der Waals surface area contributed by atoms with Gasteiger partial charge in [0, 0.05) is 5.02 Å². The van der Waals surface area contributed by atoms with Crippen molar-refractivity contribution < 1.29 is 19.0 Å². The fraction of sp³-hybridized carbons (Fsp3) is 0.219. The molecule has 1 aromatic heterocycles. The summed E-state index contributed by atoms with van der Waals surface area (Å²) in [5.74, 6) is 0.568. The van der Waals surface area contributed by atoms with E-state index in [1.807, 2.05) is 31.2 Å². The number of allylic oxidation sites excluding steroid dienone is 1. The summed E-state index contributed by atoms with van der Waals surface area (Å²) in [6, 6.07) is 15.4. The number of carbonyl (C=O) groups excluding carboxylic acids is 1. The van der Waals surface area contributed by atoms with Crippen molar-refractivity contribution in [2.75, 3.05) is 13.2 Å². The summed E-state index contributed by atoms with van der Waals surface area (Å²) in [7, 11) is 0. The molecule has 3 aromatic carbocycles. The molecule has 12 heteroatoms. The number of ether oxygens (including phenoxy) is 3. The Labute approximate surface area is 286 Å². The van der Waals surface area contributed by atoms with E-state index in [4.69, 9.17) is 49.0 Å². The molecule has 0 unspecified atom stereocenters. The predicted molar refractivity (Wildman–Crippen MR) is 183 cm³/mol. The Hall–Kier alpha value is -2.83. The van der Waals surface area contributed by atoms with Gasteiger partial charge in [-0.1, -0.05) is 70.4 Å². The molecule has 0 spiro atoms. The zero-order valence-electron chi connectivity index (χ0n) is 23.8. The molecule has 2 heterocycles. The Balaban J connectivity index is 1.58. The third kappa shape index (κ3) is 6.72. The molecule has 4 aromatic rings. The highest BCUT2D eigenvalue weighted by Gasteiger charge is 2.34. The van der Waals surface area contributed by atoms with E-state index in [0.29, 0.717) is 53.8 Å². The average molecular weight is 784 g/mol. The average Bonchev–Trinajstić information content (AvgIpc) is 3.28. The van der Waals surface area contributed by atoms with E-state index < -0.39 is 12.0 Å². The molecule has 44 heavy (non-hydrogen) atoms. The maximum Gasteiger partial charge on any atom is 0.338 e. The molecular weight excluding hydrogens is 758 g/mol. The second-order valence-corrected chi connectivity index (χ2v) is 13.0. The van der Waals surface area contributed by atoms with Crippen LogP contribution in [0.25, 0.3) is 6.08 Å². The standard InChI is InChI=1S/C32H26Cl3IN2O5S/c1-4-41-25-14-19(13-24(36)29(25)43-16-18-10-11-22(34)23(35)12-18)15-26-30(39)38-28(20-8-6-7-9-21(20)33)27(31(40)42-5-2)17(3)37-32(38)44-26/h6-15,28H,4-5,16H2,1-3H3/b26-15+/t28-/m0/s1. The van der Waals surface area contributed by atoms with Gasteiger partial charge in [0.05, 0.1) is 42.6 Å². The van der Waals surface area contributed by atoms with E-state index in [-0.39, 0.29) is 24.3 Å². The predicted octanol–water partition coefficient (Wildman–Crippen LogP) is 7.34. The normalized spacial score (nSPS) is 14.7. The Bertz CT molecular complexity index is 1970. The molecule has 0 saturated heterocycles. The SMILES string of the molecule is CCOC(=O)C1=C(C)N=c2s/c(=C/c3cc(I)c(OCc4ccc(Cl)c(Cl)c4)c(OCC)c3)c(=O)n2[C@H]1c1ccccc1Cl. The Morgan fingerprint density at radius 1 is 1.02 bits per heavy atom. The lowest BCUT2D eigenvalue weighted by Crippen LogP contribution is -2.40. The van der Waals surface area contributed by atoms with Crippen LogP contribution in [0.1, 0.15) is 43.5 Å². The Kier molecular flexibility index (Phi) is 10.4. The minimum absolute atomic E-state index is 0.184. The van der Waals surface area contributed by atoms with E-state index >= 15 is 0 Å². The van der Waals surface area contributed by atoms with Gasteiger partial charge in [-0.15, -0.1) is 0 Å². The van der Waals surface area contributed by atoms with Crippen molar-refractivity contribution in [2.45, 2.75) is 33.4 Å². The van der Waals surface area contributed by atoms with Gasteiger partial charge in [0.25, 0.3) is 5.56 Å².